The zero-order chi connectivity index (χ0) is 15.7. The second-order valence-electron chi connectivity index (χ2n) is 4.88. The van der Waals surface area contributed by atoms with Crippen LogP contribution in [0.3, 0.4) is 0 Å². The van der Waals surface area contributed by atoms with Gasteiger partial charge in [0.05, 0.1) is 5.69 Å². The van der Waals surface area contributed by atoms with E-state index in [4.69, 9.17) is 0 Å². The fourth-order valence-corrected chi connectivity index (χ4v) is 2.44. The van der Waals surface area contributed by atoms with E-state index < -0.39 is 23.7 Å². The molecule has 1 aliphatic rings. The van der Waals surface area contributed by atoms with Crippen molar-refractivity contribution in [3.8, 4) is 0 Å². The van der Waals surface area contributed by atoms with Crippen molar-refractivity contribution in [2.45, 2.75) is 6.04 Å². The minimum Gasteiger partial charge on any atom is -0.479 e. The second-order valence-corrected chi connectivity index (χ2v) is 4.88. The molecule has 1 aliphatic heterocycles. The average Bonchev–Trinajstić information content (AvgIpc) is 2.53. The van der Waals surface area contributed by atoms with Crippen LogP contribution < -0.4 is 4.90 Å². The summed E-state index contributed by atoms with van der Waals surface area (Å²) in [5.74, 6) is -2.06. The lowest BCUT2D eigenvalue weighted by Gasteiger charge is -2.31. The van der Waals surface area contributed by atoms with Crippen LogP contribution in [-0.4, -0.2) is 23.0 Å². The van der Waals surface area contributed by atoms with Gasteiger partial charge < -0.3 is 5.11 Å². The van der Waals surface area contributed by atoms with Gasteiger partial charge in [0.1, 0.15) is 5.82 Å². The van der Waals surface area contributed by atoms with Gasteiger partial charge in [-0.15, -0.1) is 0 Å². The minimum absolute atomic E-state index is 0.234. The normalized spacial score (nSPS) is 16.2. The minimum atomic E-state index is -1.12. The third-order valence-corrected chi connectivity index (χ3v) is 3.50. The maximum absolute atomic E-state index is 13.0. The van der Waals surface area contributed by atoms with Crippen LogP contribution in [0, 0.1) is 5.82 Å². The van der Waals surface area contributed by atoms with Crippen LogP contribution >= 0.6 is 0 Å². The average molecular weight is 297 g/mol. The number of benzene rings is 2. The number of para-hydroxylation sites is 1. The summed E-state index contributed by atoms with van der Waals surface area (Å²) in [6.07, 6.45) is 3.15. The highest BCUT2D eigenvalue weighted by molar-refractivity contribution is 6.11. The first kappa shape index (κ1) is 14.0. The van der Waals surface area contributed by atoms with Crippen LogP contribution in [0.5, 0.6) is 0 Å². The zero-order valence-electron chi connectivity index (χ0n) is 11.4. The summed E-state index contributed by atoms with van der Waals surface area (Å²) in [7, 11) is 0. The van der Waals surface area contributed by atoms with Crippen LogP contribution in [-0.2, 0) is 4.79 Å². The summed E-state index contributed by atoms with van der Waals surface area (Å²) < 4.78 is 13.0. The van der Waals surface area contributed by atoms with Gasteiger partial charge in [-0.05, 0) is 42.0 Å². The van der Waals surface area contributed by atoms with Crippen molar-refractivity contribution in [1.29, 1.82) is 0 Å². The van der Waals surface area contributed by atoms with E-state index in [-0.39, 0.29) is 5.56 Å². The van der Waals surface area contributed by atoms with Crippen LogP contribution in [0.1, 0.15) is 15.9 Å². The smallest absolute Gasteiger partial charge is 0.330 e. The lowest BCUT2D eigenvalue weighted by molar-refractivity contribution is -0.137. The van der Waals surface area contributed by atoms with E-state index in [0.29, 0.717) is 5.69 Å². The van der Waals surface area contributed by atoms with Gasteiger partial charge in [0.15, 0.2) is 6.04 Å². The van der Waals surface area contributed by atoms with E-state index >= 15 is 0 Å². The number of hydrogen-bond donors (Lipinski definition) is 1. The molecule has 0 bridgehead atoms. The molecule has 0 saturated heterocycles. The van der Waals surface area contributed by atoms with Crippen molar-refractivity contribution < 1.29 is 19.1 Å². The molecule has 2 aromatic carbocycles. The number of halogens is 1. The summed E-state index contributed by atoms with van der Waals surface area (Å²) >= 11 is 0. The number of hydrogen-bond acceptors (Lipinski definition) is 2. The number of carboxylic acid groups (broad SMARTS) is 1. The van der Waals surface area contributed by atoms with Crippen LogP contribution in [0.2, 0.25) is 0 Å². The van der Waals surface area contributed by atoms with Crippen molar-refractivity contribution in [1.82, 2.24) is 0 Å². The number of carbonyl (C=O) groups is 2. The van der Waals surface area contributed by atoms with E-state index in [1.807, 2.05) is 6.07 Å². The standard InChI is InChI=1S/C17H12FNO3/c18-13-8-5-12(6-9-13)16(20)19-14-4-2-1-3-11(14)7-10-15(19)17(21)22/h1-10,15H,(H,21,22). The van der Waals surface area contributed by atoms with Gasteiger partial charge in [-0.25, -0.2) is 9.18 Å². The van der Waals surface area contributed by atoms with Crippen molar-refractivity contribution in [3.05, 3.63) is 71.6 Å². The number of amides is 1. The van der Waals surface area contributed by atoms with Gasteiger partial charge in [-0.2, -0.15) is 0 Å². The van der Waals surface area contributed by atoms with E-state index in [2.05, 4.69) is 0 Å². The number of rotatable bonds is 2. The first-order valence-electron chi connectivity index (χ1n) is 6.67. The molecule has 5 heteroatoms. The fraction of sp³-hybridized carbons (Fsp3) is 0.0588. The number of aliphatic carboxylic acids is 1. The molecular formula is C17H12FNO3. The number of fused-ring (bicyclic) bond motifs is 1. The van der Waals surface area contributed by atoms with Crippen LogP contribution in [0.4, 0.5) is 10.1 Å². The molecule has 0 aromatic heterocycles. The quantitative estimate of drug-likeness (QED) is 0.927. The Labute approximate surface area is 126 Å². The Balaban J connectivity index is 2.08. The summed E-state index contributed by atoms with van der Waals surface area (Å²) in [5, 5.41) is 9.37. The number of nitrogens with zero attached hydrogens (tertiary/aromatic N) is 1. The fourth-order valence-electron chi connectivity index (χ4n) is 2.44. The monoisotopic (exact) mass is 297 g/mol. The maximum atomic E-state index is 13.0. The Kier molecular flexibility index (Phi) is 3.47. The molecule has 0 aliphatic carbocycles. The summed E-state index contributed by atoms with van der Waals surface area (Å²) in [6, 6.07) is 11.0. The van der Waals surface area contributed by atoms with Crippen LogP contribution in [0.15, 0.2) is 54.6 Å². The van der Waals surface area contributed by atoms with Crippen molar-refractivity contribution >= 4 is 23.6 Å². The number of carboxylic acids is 1. The SMILES string of the molecule is O=C(O)C1C=Cc2ccccc2N1C(=O)c1ccc(F)cc1. The van der Waals surface area contributed by atoms with Gasteiger partial charge in [0.2, 0.25) is 0 Å². The van der Waals surface area contributed by atoms with Gasteiger partial charge in [-0.1, -0.05) is 24.3 Å². The predicted molar refractivity (Wildman–Crippen MR) is 80.1 cm³/mol. The summed E-state index contributed by atoms with van der Waals surface area (Å²) in [4.78, 5) is 25.4. The van der Waals surface area contributed by atoms with Crippen LogP contribution in [0.25, 0.3) is 6.08 Å². The summed E-state index contributed by atoms with van der Waals surface area (Å²) in [5.41, 5.74) is 1.51. The van der Waals surface area contributed by atoms with Gasteiger partial charge in [0, 0.05) is 5.56 Å². The van der Waals surface area contributed by atoms with E-state index in [0.717, 1.165) is 5.56 Å². The molecule has 1 heterocycles. The Bertz CT molecular complexity index is 768. The molecule has 22 heavy (non-hydrogen) atoms. The molecule has 1 unspecified atom stereocenters. The number of carbonyl (C=O) groups excluding carboxylic acids is 1. The molecule has 0 fully saturated rings. The van der Waals surface area contributed by atoms with Crippen molar-refractivity contribution in [2.75, 3.05) is 4.90 Å². The van der Waals surface area contributed by atoms with Gasteiger partial charge in [-0.3, -0.25) is 9.69 Å². The molecule has 4 nitrogen and oxygen atoms in total. The second kappa shape index (κ2) is 5.44. The third kappa shape index (κ3) is 2.37. The Morgan fingerprint density at radius 3 is 2.41 bits per heavy atom. The molecular weight excluding hydrogens is 285 g/mol. The molecule has 110 valence electrons. The maximum Gasteiger partial charge on any atom is 0.330 e. The van der Waals surface area contributed by atoms with Crippen molar-refractivity contribution in [3.63, 3.8) is 0 Å². The Hall–Kier alpha value is -2.95. The molecule has 3 rings (SSSR count). The summed E-state index contributed by atoms with van der Waals surface area (Å²) in [6.45, 7) is 0. The third-order valence-electron chi connectivity index (χ3n) is 3.50. The zero-order valence-corrected chi connectivity index (χ0v) is 11.4. The van der Waals surface area contributed by atoms with Crippen molar-refractivity contribution in [2.24, 2.45) is 0 Å². The van der Waals surface area contributed by atoms with Gasteiger partial charge in [0.25, 0.3) is 5.91 Å². The topological polar surface area (TPSA) is 57.6 Å². The molecule has 1 amide bonds. The molecule has 2 aromatic rings. The lowest BCUT2D eigenvalue weighted by atomic mass is 10.0. The predicted octanol–water partition coefficient (Wildman–Crippen LogP) is 2.95. The molecule has 0 radical (unpaired) electrons. The highest BCUT2D eigenvalue weighted by atomic mass is 19.1. The lowest BCUT2D eigenvalue weighted by Crippen LogP contribution is -2.45. The molecule has 0 spiro atoms. The van der Waals surface area contributed by atoms with E-state index in [1.165, 1.54) is 35.2 Å². The first-order chi connectivity index (χ1) is 10.6. The molecule has 1 atom stereocenters. The Morgan fingerprint density at radius 1 is 1.05 bits per heavy atom. The Morgan fingerprint density at radius 2 is 1.73 bits per heavy atom. The van der Waals surface area contributed by atoms with Gasteiger partial charge >= 0.3 is 5.97 Å². The first-order valence-corrected chi connectivity index (χ1v) is 6.67. The molecule has 1 N–H and O–H groups in total. The highest BCUT2D eigenvalue weighted by Gasteiger charge is 2.33. The highest BCUT2D eigenvalue weighted by Crippen LogP contribution is 2.30. The van der Waals surface area contributed by atoms with E-state index in [1.54, 1.807) is 24.3 Å². The van der Waals surface area contributed by atoms with E-state index in [9.17, 15) is 19.1 Å². The number of anilines is 1. The molecule has 0 saturated carbocycles. The largest absolute Gasteiger partial charge is 0.479 e.